The molecule has 1 unspecified atom stereocenters. The molecule has 2 aliphatic carbocycles. The highest BCUT2D eigenvalue weighted by Gasteiger charge is 2.70. The van der Waals surface area contributed by atoms with Crippen LogP contribution in [0.1, 0.15) is 100 Å². The number of terminal acetylenes is 1. The number of Topliss-reactive ketones (excluding diaryl/α,β-unsaturated/α-hetero) is 1. The molecule has 3 N–H and O–H groups in total. The highest BCUT2D eigenvalue weighted by Crippen LogP contribution is 2.65. The molecule has 0 bridgehead atoms. The third-order valence-corrected chi connectivity index (χ3v) is 13.5. The van der Waals surface area contributed by atoms with Crippen LogP contribution in [0.2, 0.25) is 0 Å². The quantitative estimate of drug-likeness (QED) is 0.153. The largest absolute Gasteiger partial charge is 0.346 e. The first kappa shape index (κ1) is 39.2. The summed E-state index contributed by atoms with van der Waals surface area (Å²) in [5, 5.41) is 8.15. The van der Waals surface area contributed by atoms with E-state index in [0.29, 0.717) is 25.7 Å². The second kappa shape index (κ2) is 14.3. The number of carbonyl (C=O) groups is 5. The number of rotatable bonds is 13. The summed E-state index contributed by atoms with van der Waals surface area (Å²) in [4.78, 5) is 69.8. The zero-order valence-electron chi connectivity index (χ0n) is 30.0. The van der Waals surface area contributed by atoms with Gasteiger partial charge in [-0.15, -0.1) is 18.9 Å². The predicted molar refractivity (Wildman–Crippen MR) is 185 cm³/mol. The maximum absolute atomic E-state index is 14.5. The van der Waals surface area contributed by atoms with Crippen molar-refractivity contribution in [1.29, 1.82) is 0 Å². The predicted octanol–water partition coefficient (Wildman–Crippen LogP) is 2.93. The third kappa shape index (κ3) is 8.15. The summed E-state index contributed by atoms with van der Waals surface area (Å²) < 4.78 is 25.8. The zero-order chi connectivity index (χ0) is 36.5. The maximum atomic E-state index is 14.5. The molecule has 4 amide bonds. The minimum atomic E-state index is -3.66. The van der Waals surface area contributed by atoms with E-state index in [0.717, 1.165) is 6.42 Å². The van der Waals surface area contributed by atoms with Crippen molar-refractivity contribution in [2.75, 3.05) is 18.8 Å². The van der Waals surface area contributed by atoms with Crippen LogP contribution in [-0.4, -0.2) is 84.4 Å². The number of hydrogen-bond acceptors (Lipinski definition) is 7. The second-order valence-electron chi connectivity index (χ2n) is 16.5. The van der Waals surface area contributed by atoms with Crippen LogP contribution >= 0.6 is 0 Å². The molecular formula is C36H56N4O7S. The lowest BCUT2D eigenvalue weighted by Crippen LogP contribution is -2.62. The summed E-state index contributed by atoms with van der Waals surface area (Å²) in [7, 11) is -3.66. The number of nitrogens with zero attached hydrogens (tertiary/aromatic N) is 1. The Morgan fingerprint density at radius 1 is 1.02 bits per heavy atom. The van der Waals surface area contributed by atoms with Crippen molar-refractivity contribution in [3.63, 3.8) is 0 Å². The van der Waals surface area contributed by atoms with Gasteiger partial charge in [0.15, 0.2) is 9.84 Å². The fourth-order valence-electron chi connectivity index (χ4n) is 7.32. The molecule has 2 saturated carbocycles. The number of piperidine rings is 1. The van der Waals surface area contributed by atoms with Crippen molar-refractivity contribution in [1.82, 2.24) is 20.9 Å². The molecule has 1 saturated heterocycles. The summed E-state index contributed by atoms with van der Waals surface area (Å²) in [6.45, 7) is 18.3. The number of fused-ring (bicyclic) bond motifs is 1. The Morgan fingerprint density at radius 3 is 2.15 bits per heavy atom. The van der Waals surface area contributed by atoms with Crippen molar-refractivity contribution in [2.45, 2.75) is 123 Å². The van der Waals surface area contributed by atoms with Gasteiger partial charge < -0.3 is 20.9 Å². The fourth-order valence-corrected chi connectivity index (χ4v) is 8.90. The molecule has 3 aliphatic rings. The average molecular weight is 689 g/mol. The molecule has 0 spiro atoms. The zero-order valence-corrected chi connectivity index (χ0v) is 30.8. The number of sulfone groups is 1. The van der Waals surface area contributed by atoms with Crippen LogP contribution in [0.5, 0.6) is 0 Å². The third-order valence-electron chi connectivity index (χ3n) is 10.7. The molecule has 48 heavy (non-hydrogen) atoms. The summed E-state index contributed by atoms with van der Waals surface area (Å²) in [5.74, 6) is -1.22. The molecule has 12 heteroatoms. The molecule has 0 aromatic carbocycles. The Kier molecular flexibility index (Phi) is 11.7. The second-order valence-corrected chi connectivity index (χ2v) is 19.3. The van der Waals surface area contributed by atoms with Crippen molar-refractivity contribution >= 4 is 39.2 Å². The first-order chi connectivity index (χ1) is 22.1. The Hall–Kier alpha value is -3.20. The van der Waals surface area contributed by atoms with Gasteiger partial charge in [0.05, 0.1) is 22.0 Å². The monoisotopic (exact) mass is 688 g/mol. The van der Waals surface area contributed by atoms with E-state index < -0.39 is 73.0 Å². The smallest absolute Gasteiger partial charge is 0.289 e. The molecule has 0 aromatic rings. The van der Waals surface area contributed by atoms with Crippen LogP contribution in [0.4, 0.5) is 0 Å². The fraction of sp³-hybridized carbons (Fsp3) is 0.750. The van der Waals surface area contributed by atoms with E-state index in [-0.39, 0.29) is 48.9 Å². The molecule has 1 heterocycles. The van der Waals surface area contributed by atoms with Gasteiger partial charge in [0.1, 0.15) is 12.1 Å². The Morgan fingerprint density at radius 2 is 1.62 bits per heavy atom. The van der Waals surface area contributed by atoms with Crippen LogP contribution < -0.4 is 16.0 Å². The van der Waals surface area contributed by atoms with Crippen molar-refractivity contribution in [3.8, 4) is 12.3 Å². The Bertz CT molecular complexity index is 1440. The topological polar surface area (TPSA) is 159 Å². The molecular weight excluding hydrogens is 632 g/mol. The molecule has 3 rings (SSSR count). The van der Waals surface area contributed by atoms with Crippen LogP contribution in [0.15, 0.2) is 12.7 Å². The van der Waals surface area contributed by atoms with E-state index in [1.807, 2.05) is 34.6 Å². The normalized spacial score (nSPS) is 24.2. The summed E-state index contributed by atoms with van der Waals surface area (Å²) in [6, 6.07) is -3.19. The van der Waals surface area contributed by atoms with Gasteiger partial charge in [-0.05, 0) is 62.7 Å². The van der Waals surface area contributed by atoms with Crippen molar-refractivity contribution in [3.05, 3.63) is 12.7 Å². The van der Waals surface area contributed by atoms with Crippen LogP contribution in [0.3, 0.4) is 0 Å². The summed E-state index contributed by atoms with van der Waals surface area (Å²) in [6.07, 6.45) is 10.2. The summed E-state index contributed by atoms with van der Waals surface area (Å²) in [5.41, 5.74) is -2.20. The molecule has 268 valence electrons. The molecule has 3 fully saturated rings. The van der Waals surface area contributed by atoms with Gasteiger partial charge in [-0.1, -0.05) is 60.0 Å². The minimum absolute atomic E-state index is 0.0193. The van der Waals surface area contributed by atoms with Gasteiger partial charge in [0, 0.05) is 19.5 Å². The lowest BCUT2D eigenvalue weighted by atomic mass is 9.74. The first-order valence-electron chi connectivity index (χ1n) is 17.1. The van der Waals surface area contributed by atoms with Crippen molar-refractivity contribution in [2.24, 2.45) is 28.1 Å². The lowest BCUT2D eigenvalue weighted by molar-refractivity contribution is -0.148. The maximum Gasteiger partial charge on any atom is 0.289 e. The molecule has 1 aliphatic heterocycles. The van der Waals surface area contributed by atoms with Gasteiger partial charge >= 0.3 is 0 Å². The molecule has 11 nitrogen and oxygen atoms in total. The number of hydrogen-bond donors (Lipinski definition) is 3. The average Bonchev–Trinajstić information content (AvgIpc) is 3.30. The summed E-state index contributed by atoms with van der Waals surface area (Å²) >= 11 is 0. The van der Waals surface area contributed by atoms with Gasteiger partial charge in [-0.25, -0.2) is 8.42 Å². The number of nitrogens with one attached hydrogen (secondary N) is 3. The van der Waals surface area contributed by atoms with E-state index in [9.17, 15) is 32.4 Å². The first-order valence-corrected chi connectivity index (χ1v) is 18.7. The highest BCUT2D eigenvalue weighted by atomic mass is 32.2. The number of ketones is 1. The van der Waals surface area contributed by atoms with E-state index in [1.54, 1.807) is 20.8 Å². The minimum Gasteiger partial charge on any atom is -0.346 e. The van der Waals surface area contributed by atoms with Gasteiger partial charge in [-0.3, -0.25) is 24.0 Å². The Labute approximate surface area is 287 Å². The number of carbonyl (C=O) groups excluding carboxylic acids is 5. The SMILES string of the molecule is C#CCCC(NC(=O)[C@@H]1[C@@H]2[C@H](CN1C(=O)[C@@H](NC(=O)C1(CS(=O)(=O)C(C)(C)C)CCCCC1)C(C)(C)C)C2(C)C)C(=O)C(=O)NCC=C. The standard InChI is InChI=1S/C36H56N4O7S/c1-11-13-17-24(27(41)30(43)37-20-12-2)38-29(42)26-25-23(35(25,9)10)21-40(26)31(44)28(33(3,4)5)39-32(45)36(18-15-14-16-19-36)22-48(46,47)34(6,7)8/h1,12,23-26,28H,2,13-22H2,3-10H3,(H,37,43)(H,38,42)(H,39,45)/t23-,24?,25-,26-,28+/m0/s1. The number of likely N-dealkylation sites (tertiary alicyclic amines) is 1. The molecule has 5 atom stereocenters. The molecule has 0 aromatic heterocycles. The highest BCUT2D eigenvalue weighted by molar-refractivity contribution is 7.92. The van der Waals surface area contributed by atoms with Crippen molar-refractivity contribution < 1.29 is 32.4 Å². The Balaban J connectivity index is 1.93. The van der Waals surface area contributed by atoms with Crippen LogP contribution in [-0.2, 0) is 33.8 Å². The van der Waals surface area contributed by atoms with E-state index in [1.165, 1.54) is 11.0 Å². The van der Waals surface area contributed by atoms with Gasteiger partial charge in [-0.2, -0.15) is 0 Å². The van der Waals surface area contributed by atoms with Crippen LogP contribution in [0, 0.1) is 40.4 Å². The van der Waals surface area contributed by atoms with E-state index >= 15 is 0 Å². The van der Waals surface area contributed by atoms with E-state index in [4.69, 9.17) is 6.42 Å². The van der Waals surface area contributed by atoms with Gasteiger partial charge in [0.2, 0.25) is 23.5 Å². The number of amides is 4. The van der Waals surface area contributed by atoms with Gasteiger partial charge in [0.25, 0.3) is 5.91 Å². The van der Waals surface area contributed by atoms with E-state index in [2.05, 4.69) is 28.4 Å². The van der Waals surface area contributed by atoms with Crippen LogP contribution in [0.25, 0.3) is 0 Å². The molecule has 0 radical (unpaired) electrons. The lowest BCUT2D eigenvalue weighted by Gasteiger charge is -2.42.